The van der Waals surface area contributed by atoms with Gasteiger partial charge in [-0.05, 0) is 25.5 Å². The molecule has 2 N–H and O–H groups in total. The van der Waals surface area contributed by atoms with Gasteiger partial charge in [0.2, 0.25) is 0 Å². The molecule has 0 aliphatic rings. The number of nitrogens with zero attached hydrogens (tertiary/aromatic N) is 1. The number of carbonyl (C=O) groups excluding carboxylic acids is 1. The molecule has 0 radical (unpaired) electrons. The van der Waals surface area contributed by atoms with E-state index in [9.17, 15) is 9.59 Å². The molecule has 1 rings (SSSR count). The van der Waals surface area contributed by atoms with Gasteiger partial charge in [0.15, 0.2) is 0 Å². The van der Waals surface area contributed by atoms with E-state index in [-0.39, 0.29) is 28.3 Å². The van der Waals surface area contributed by atoms with Gasteiger partial charge >= 0.3 is 5.97 Å². The number of nitrogens with one attached hydrogen (secondary N) is 1. The maximum Gasteiger partial charge on any atom is 0.303 e. The van der Waals surface area contributed by atoms with E-state index in [2.05, 4.69) is 10.3 Å². The van der Waals surface area contributed by atoms with Crippen LogP contribution < -0.4 is 5.32 Å². The fourth-order valence-electron chi connectivity index (χ4n) is 1.30. The van der Waals surface area contributed by atoms with Crippen molar-refractivity contribution in [3.8, 4) is 0 Å². The molecular weight excluding hydrogens is 279 g/mol. The number of aromatic nitrogens is 1. The molecular formula is C11H12Cl2N2O3. The average Bonchev–Trinajstić information content (AvgIpc) is 2.26. The summed E-state index contributed by atoms with van der Waals surface area (Å²) < 4.78 is 0. The molecule has 5 nitrogen and oxygen atoms in total. The number of hydrogen-bond acceptors (Lipinski definition) is 3. The number of carboxylic acid groups (broad SMARTS) is 1. The van der Waals surface area contributed by atoms with E-state index in [1.165, 1.54) is 12.1 Å². The van der Waals surface area contributed by atoms with Crippen LogP contribution in [0.15, 0.2) is 12.1 Å². The third-order valence-electron chi connectivity index (χ3n) is 2.23. The van der Waals surface area contributed by atoms with E-state index in [4.69, 9.17) is 28.3 Å². The van der Waals surface area contributed by atoms with Gasteiger partial charge in [-0.1, -0.05) is 23.2 Å². The van der Waals surface area contributed by atoms with Gasteiger partial charge in [-0.15, -0.1) is 0 Å². The minimum absolute atomic E-state index is 0.00591. The van der Waals surface area contributed by atoms with Crippen LogP contribution in [-0.4, -0.2) is 28.0 Å². The highest BCUT2D eigenvalue weighted by molar-refractivity contribution is 6.34. The SMILES string of the molecule is CC(CCC(=O)O)NC(=O)c1ccc(Cl)nc1Cl. The van der Waals surface area contributed by atoms with Crippen LogP contribution in [0.5, 0.6) is 0 Å². The molecule has 1 amide bonds. The maximum atomic E-state index is 11.8. The Labute approximate surface area is 114 Å². The number of halogens is 2. The zero-order valence-corrected chi connectivity index (χ0v) is 11.1. The summed E-state index contributed by atoms with van der Waals surface area (Å²) in [6.45, 7) is 1.72. The van der Waals surface area contributed by atoms with Gasteiger partial charge in [0.05, 0.1) is 5.56 Å². The average molecular weight is 291 g/mol. The molecule has 18 heavy (non-hydrogen) atoms. The Balaban J connectivity index is 2.62. The number of pyridine rings is 1. The number of hydrogen-bond donors (Lipinski definition) is 2. The van der Waals surface area contributed by atoms with E-state index in [1.54, 1.807) is 6.92 Å². The second-order valence-corrected chi connectivity index (χ2v) is 4.52. The molecule has 1 atom stereocenters. The Bertz CT molecular complexity index is 466. The van der Waals surface area contributed by atoms with Crippen LogP contribution in [0.3, 0.4) is 0 Å². The van der Waals surface area contributed by atoms with Crippen molar-refractivity contribution in [2.45, 2.75) is 25.8 Å². The van der Waals surface area contributed by atoms with Crippen molar-refractivity contribution in [3.05, 3.63) is 28.0 Å². The first-order chi connectivity index (χ1) is 8.40. The third kappa shape index (κ3) is 4.50. The molecule has 0 saturated carbocycles. The van der Waals surface area contributed by atoms with Gasteiger partial charge in [0.1, 0.15) is 10.3 Å². The second-order valence-electron chi connectivity index (χ2n) is 3.78. The molecule has 1 aromatic heterocycles. The van der Waals surface area contributed by atoms with Gasteiger partial charge in [0.25, 0.3) is 5.91 Å². The molecule has 0 bridgehead atoms. The quantitative estimate of drug-likeness (QED) is 0.816. The summed E-state index contributed by atoms with van der Waals surface area (Å²) in [4.78, 5) is 26.0. The summed E-state index contributed by atoms with van der Waals surface area (Å²) in [5.41, 5.74) is 0.211. The van der Waals surface area contributed by atoms with E-state index in [0.29, 0.717) is 6.42 Å². The fraction of sp³-hybridized carbons (Fsp3) is 0.364. The molecule has 0 aromatic carbocycles. The van der Waals surface area contributed by atoms with Crippen LogP contribution in [0, 0.1) is 0 Å². The van der Waals surface area contributed by atoms with E-state index in [1.807, 2.05) is 0 Å². The number of carbonyl (C=O) groups is 2. The molecule has 1 heterocycles. The Morgan fingerprint density at radius 2 is 2.11 bits per heavy atom. The van der Waals surface area contributed by atoms with Gasteiger partial charge < -0.3 is 10.4 Å². The first-order valence-corrected chi connectivity index (χ1v) is 6.00. The zero-order valence-electron chi connectivity index (χ0n) is 9.61. The molecule has 1 unspecified atom stereocenters. The number of rotatable bonds is 5. The molecule has 0 aliphatic carbocycles. The Hall–Kier alpha value is -1.33. The predicted octanol–water partition coefficient (Wildman–Crippen LogP) is 2.37. The monoisotopic (exact) mass is 290 g/mol. The van der Waals surface area contributed by atoms with E-state index in [0.717, 1.165) is 0 Å². The highest BCUT2D eigenvalue weighted by Gasteiger charge is 2.14. The van der Waals surface area contributed by atoms with Crippen molar-refractivity contribution >= 4 is 35.1 Å². The van der Waals surface area contributed by atoms with Crippen molar-refractivity contribution in [1.29, 1.82) is 0 Å². The number of carboxylic acids is 1. The van der Waals surface area contributed by atoms with E-state index < -0.39 is 11.9 Å². The summed E-state index contributed by atoms with van der Waals surface area (Å²) in [6.07, 6.45) is 0.341. The van der Waals surface area contributed by atoms with Gasteiger partial charge in [0, 0.05) is 12.5 Å². The molecule has 0 aliphatic heterocycles. The van der Waals surface area contributed by atoms with Crippen LogP contribution in [0.1, 0.15) is 30.1 Å². The van der Waals surface area contributed by atoms with Crippen LogP contribution in [0.4, 0.5) is 0 Å². The lowest BCUT2D eigenvalue weighted by molar-refractivity contribution is -0.137. The molecule has 7 heteroatoms. The van der Waals surface area contributed by atoms with E-state index >= 15 is 0 Å². The molecule has 0 spiro atoms. The summed E-state index contributed by atoms with van der Waals surface area (Å²) in [5, 5.41) is 11.4. The summed E-state index contributed by atoms with van der Waals surface area (Å²) >= 11 is 11.4. The van der Waals surface area contributed by atoms with Crippen molar-refractivity contribution in [3.63, 3.8) is 0 Å². The number of amides is 1. The van der Waals surface area contributed by atoms with Crippen LogP contribution >= 0.6 is 23.2 Å². The highest BCUT2D eigenvalue weighted by Crippen LogP contribution is 2.16. The smallest absolute Gasteiger partial charge is 0.303 e. The zero-order chi connectivity index (χ0) is 13.7. The van der Waals surface area contributed by atoms with Crippen LogP contribution in [0.2, 0.25) is 10.3 Å². The highest BCUT2D eigenvalue weighted by atomic mass is 35.5. The molecule has 0 saturated heterocycles. The third-order valence-corrected chi connectivity index (χ3v) is 2.73. The minimum Gasteiger partial charge on any atom is -0.481 e. The summed E-state index contributed by atoms with van der Waals surface area (Å²) in [5.74, 6) is -1.30. The van der Waals surface area contributed by atoms with Crippen molar-refractivity contribution < 1.29 is 14.7 Å². The van der Waals surface area contributed by atoms with Gasteiger partial charge in [-0.25, -0.2) is 4.98 Å². The first-order valence-electron chi connectivity index (χ1n) is 5.25. The van der Waals surface area contributed by atoms with Gasteiger partial charge in [-0.2, -0.15) is 0 Å². The fourth-order valence-corrected chi connectivity index (χ4v) is 1.73. The van der Waals surface area contributed by atoms with Crippen molar-refractivity contribution in [2.24, 2.45) is 0 Å². The maximum absolute atomic E-state index is 11.8. The Kier molecular flexibility index (Phi) is 5.37. The topological polar surface area (TPSA) is 79.3 Å². The predicted molar refractivity (Wildman–Crippen MR) is 68.1 cm³/mol. The standard InChI is InChI=1S/C11H12Cl2N2O3/c1-6(2-5-9(16)17)14-11(18)7-3-4-8(12)15-10(7)13/h3-4,6H,2,5H2,1H3,(H,14,18)(H,16,17). The lowest BCUT2D eigenvalue weighted by atomic mass is 10.1. The van der Waals surface area contributed by atoms with Crippen LogP contribution in [-0.2, 0) is 4.79 Å². The molecule has 98 valence electrons. The first kappa shape index (κ1) is 14.7. The molecule has 0 fully saturated rings. The normalized spacial score (nSPS) is 11.9. The summed E-state index contributed by atoms with van der Waals surface area (Å²) in [7, 11) is 0. The minimum atomic E-state index is -0.901. The number of aliphatic carboxylic acids is 1. The second kappa shape index (κ2) is 6.56. The van der Waals surface area contributed by atoms with Crippen molar-refractivity contribution in [2.75, 3.05) is 0 Å². The lowest BCUT2D eigenvalue weighted by Gasteiger charge is -2.13. The summed E-state index contributed by atoms with van der Waals surface area (Å²) in [6, 6.07) is 2.67. The largest absolute Gasteiger partial charge is 0.481 e. The Morgan fingerprint density at radius 1 is 1.44 bits per heavy atom. The Morgan fingerprint density at radius 3 is 2.67 bits per heavy atom. The lowest BCUT2D eigenvalue weighted by Crippen LogP contribution is -2.33. The van der Waals surface area contributed by atoms with Crippen molar-refractivity contribution in [1.82, 2.24) is 10.3 Å². The van der Waals surface area contributed by atoms with Gasteiger partial charge in [-0.3, -0.25) is 9.59 Å². The molecule has 1 aromatic rings. The van der Waals surface area contributed by atoms with Crippen LogP contribution in [0.25, 0.3) is 0 Å².